The van der Waals surface area contributed by atoms with Crippen molar-refractivity contribution in [3.63, 3.8) is 0 Å². The molecule has 0 heterocycles. The lowest BCUT2D eigenvalue weighted by atomic mass is 9.93. The molecule has 0 amide bonds. The fourth-order valence-electron chi connectivity index (χ4n) is 2.67. The van der Waals surface area contributed by atoms with Crippen molar-refractivity contribution in [3.8, 4) is 11.5 Å². The van der Waals surface area contributed by atoms with E-state index in [9.17, 15) is 0 Å². The third kappa shape index (κ3) is 5.28. The summed E-state index contributed by atoms with van der Waals surface area (Å²) in [6.45, 7) is 0. The molecule has 0 aliphatic rings. The number of nitrogens with one attached hydrogen (secondary N) is 2. The predicted octanol–water partition coefficient (Wildman–Crippen LogP) is 3.77. The van der Waals surface area contributed by atoms with Gasteiger partial charge in [0, 0.05) is 0 Å². The molecule has 2 aromatic carbocycles. The predicted molar refractivity (Wildman–Crippen MR) is 104 cm³/mol. The summed E-state index contributed by atoms with van der Waals surface area (Å²) >= 11 is 0. The number of methoxy groups -OCH3 is 2. The van der Waals surface area contributed by atoms with E-state index < -0.39 is 0 Å². The van der Waals surface area contributed by atoms with Crippen molar-refractivity contribution in [1.29, 1.82) is 0 Å². The Kier molecular flexibility index (Phi) is 10.5. The van der Waals surface area contributed by atoms with Crippen LogP contribution in [-0.4, -0.2) is 28.3 Å². The topological polar surface area (TPSA) is 42.5 Å². The van der Waals surface area contributed by atoms with Gasteiger partial charge in [0.1, 0.15) is 11.5 Å². The second kappa shape index (κ2) is 11.2. The Bertz CT molecular complexity index is 523. The Hall–Kier alpha value is -1.46. The monoisotopic (exact) mass is 372 g/mol. The number of hydrogen-bond donors (Lipinski definition) is 2. The molecule has 0 spiro atoms. The van der Waals surface area contributed by atoms with E-state index in [1.165, 1.54) is 11.1 Å². The van der Waals surface area contributed by atoms with Gasteiger partial charge in [0.05, 0.1) is 26.3 Å². The molecule has 24 heavy (non-hydrogen) atoms. The van der Waals surface area contributed by atoms with E-state index >= 15 is 0 Å². The molecule has 0 saturated carbocycles. The van der Waals surface area contributed by atoms with Crippen molar-refractivity contribution in [2.45, 2.75) is 12.1 Å². The molecule has 2 rings (SSSR count). The fraction of sp³-hybridized carbons (Fsp3) is 0.333. The summed E-state index contributed by atoms with van der Waals surface area (Å²) in [6, 6.07) is 16.6. The van der Waals surface area contributed by atoms with Crippen molar-refractivity contribution in [2.24, 2.45) is 0 Å². The third-order valence-electron chi connectivity index (χ3n) is 3.91. The molecular formula is C18H26Cl2N2O2. The van der Waals surface area contributed by atoms with Gasteiger partial charge in [0.2, 0.25) is 0 Å². The van der Waals surface area contributed by atoms with Crippen LogP contribution < -0.4 is 20.1 Å². The normalized spacial score (nSPS) is 12.3. The molecule has 2 aromatic rings. The summed E-state index contributed by atoms with van der Waals surface area (Å²) in [5.74, 6) is 1.73. The van der Waals surface area contributed by atoms with E-state index in [0.717, 1.165) is 11.5 Å². The Morgan fingerprint density at radius 3 is 1.12 bits per heavy atom. The van der Waals surface area contributed by atoms with Crippen LogP contribution in [0.4, 0.5) is 0 Å². The minimum Gasteiger partial charge on any atom is -0.497 e. The average molecular weight is 373 g/mol. The lowest BCUT2D eigenvalue weighted by Gasteiger charge is -2.27. The van der Waals surface area contributed by atoms with E-state index in [0.29, 0.717) is 0 Å². The molecule has 0 aliphatic heterocycles. The van der Waals surface area contributed by atoms with Crippen LogP contribution in [0.15, 0.2) is 48.5 Å². The van der Waals surface area contributed by atoms with Crippen molar-refractivity contribution in [3.05, 3.63) is 59.7 Å². The zero-order valence-corrected chi connectivity index (χ0v) is 16.0. The van der Waals surface area contributed by atoms with Gasteiger partial charge in [-0.15, -0.1) is 24.8 Å². The Labute approximate surface area is 156 Å². The first-order valence-corrected chi connectivity index (χ1v) is 7.36. The lowest BCUT2D eigenvalue weighted by molar-refractivity contribution is 0.409. The van der Waals surface area contributed by atoms with Crippen LogP contribution in [0.1, 0.15) is 23.2 Å². The van der Waals surface area contributed by atoms with Gasteiger partial charge in [-0.1, -0.05) is 24.3 Å². The lowest BCUT2D eigenvalue weighted by Crippen LogP contribution is -2.31. The maximum absolute atomic E-state index is 5.23. The first kappa shape index (κ1) is 22.5. The summed E-state index contributed by atoms with van der Waals surface area (Å²) in [4.78, 5) is 0. The Morgan fingerprint density at radius 2 is 0.917 bits per heavy atom. The summed E-state index contributed by atoms with van der Waals surface area (Å²) in [6.07, 6.45) is 0. The second-order valence-electron chi connectivity index (χ2n) is 5.08. The van der Waals surface area contributed by atoms with Crippen LogP contribution in [0.5, 0.6) is 11.5 Å². The largest absolute Gasteiger partial charge is 0.497 e. The van der Waals surface area contributed by atoms with Gasteiger partial charge >= 0.3 is 0 Å². The van der Waals surface area contributed by atoms with Gasteiger partial charge in [-0.05, 0) is 49.5 Å². The van der Waals surface area contributed by atoms with Crippen molar-refractivity contribution < 1.29 is 9.47 Å². The molecule has 2 N–H and O–H groups in total. The molecule has 2 unspecified atom stereocenters. The first-order valence-electron chi connectivity index (χ1n) is 7.36. The first-order chi connectivity index (χ1) is 10.7. The number of benzene rings is 2. The molecule has 0 radical (unpaired) electrons. The molecular weight excluding hydrogens is 347 g/mol. The average Bonchev–Trinajstić information content (AvgIpc) is 2.60. The summed E-state index contributed by atoms with van der Waals surface area (Å²) in [7, 11) is 7.31. The number of hydrogen-bond acceptors (Lipinski definition) is 4. The van der Waals surface area contributed by atoms with E-state index in [2.05, 4.69) is 34.9 Å². The SMILES string of the molecule is CNC(c1ccc(OC)cc1)C(NC)c1ccc(OC)cc1.Cl.Cl. The number of likely N-dealkylation sites (N-methyl/N-ethyl adjacent to an activating group) is 2. The highest BCUT2D eigenvalue weighted by Crippen LogP contribution is 2.30. The van der Waals surface area contributed by atoms with Gasteiger partial charge in [-0.25, -0.2) is 0 Å². The van der Waals surface area contributed by atoms with Gasteiger partial charge in [-0.3, -0.25) is 0 Å². The maximum atomic E-state index is 5.23. The molecule has 0 bridgehead atoms. The molecule has 2 atom stereocenters. The number of rotatable bonds is 7. The summed E-state index contributed by atoms with van der Waals surface area (Å²) in [5, 5.41) is 6.80. The Balaban J connectivity index is 0.00000264. The van der Waals surface area contributed by atoms with Crippen molar-refractivity contribution >= 4 is 24.8 Å². The van der Waals surface area contributed by atoms with E-state index in [4.69, 9.17) is 9.47 Å². The zero-order valence-electron chi connectivity index (χ0n) is 14.4. The molecule has 134 valence electrons. The minimum atomic E-state index is 0. The van der Waals surface area contributed by atoms with Crippen LogP contribution in [0.25, 0.3) is 0 Å². The van der Waals surface area contributed by atoms with Gasteiger partial charge in [-0.2, -0.15) is 0 Å². The van der Waals surface area contributed by atoms with Crippen molar-refractivity contribution in [1.82, 2.24) is 10.6 Å². The van der Waals surface area contributed by atoms with Crippen LogP contribution >= 0.6 is 24.8 Å². The quantitative estimate of drug-likeness (QED) is 0.776. The van der Waals surface area contributed by atoms with E-state index in [1.807, 2.05) is 38.4 Å². The van der Waals surface area contributed by atoms with Crippen molar-refractivity contribution in [2.75, 3.05) is 28.3 Å². The summed E-state index contributed by atoms with van der Waals surface area (Å²) < 4.78 is 10.5. The molecule has 4 nitrogen and oxygen atoms in total. The smallest absolute Gasteiger partial charge is 0.118 e. The molecule has 6 heteroatoms. The van der Waals surface area contributed by atoms with Gasteiger partial charge in [0.15, 0.2) is 0 Å². The fourth-order valence-corrected chi connectivity index (χ4v) is 2.67. The van der Waals surface area contributed by atoms with Crippen LogP contribution in [0.3, 0.4) is 0 Å². The highest BCUT2D eigenvalue weighted by molar-refractivity contribution is 5.85. The maximum Gasteiger partial charge on any atom is 0.118 e. The van der Waals surface area contributed by atoms with E-state index in [-0.39, 0.29) is 36.9 Å². The number of ether oxygens (including phenoxy) is 2. The molecule has 0 aromatic heterocycles. The van der Waals surface area contributed by atoms with Gasteiger partial charge in [0.25, 0.3) is 0 Å². The van der Waals surface area contributed by atoms with E-state index in [1.54, 1.807) is 14.2 Å². The van der Waals surface area contributed by atoms with Crippen LogP contribution in [0, 0.1) is 0 Å². The number of halogens is 2. The van der Waals surface area contributed by atoms with Crippen LogP contribution in [0.2, 0.25) is 0 Å². The highest BCUT2D eigenvalue weighted by atomic mass is 35.5. The Morgan fingerprint density at radius 1 is 0.625 bits per heavy atom. The molecule has 0 saturated heterocycles. The highest BCUT2D eigenvalue weighted by Gasteiger charge is 2.22. The summed E-state index contributed by atoms with van der Waals surface area (Å²) in [5.41, 5.74) is 2.41. The van der Waals surface area contributed by atoms with Gasteiger partial charge < -0.3 is 20.1 Å². The standard InChI is InChI=1S/C18H24N2O2.2ClH/c1-19-17(13-5-9-15(21-3)10-6-13)18(20-2)14-7-11-16(22-4)12-8-14;;/h5-12,17-20H,1-4H3;2*1H. The minimum absolute atomic E-state index is 0. The third-order valence-corrected chi connectivity index (χ3v) is 3.91. The molecule has 0 aliphatic carbocycles. The second-order valence-corrected chi connectivity index (χ2v) is 5.08. The zero-order chi connectivity index (χ0) is 15.9. The van der Waals surface area contributed by atoms with Crippen LogP contribution in [-0.2, 0) is 0 Å². The molecule has 0 fully saturated rings.